The molecular formula is C13H12F6N2. The lowest BCUT2D eigenvalue weighted by Gasteiger charge is -2.26. The van der Waals surface area contributed by atoms with Crippen molar-refractivity contribution in [1.82, 2.24) is 10.2 Å². The quantitative estimate of drug-likeness (QED) is 0.832. The van der Waals surface area contributed by atoms with Crippen molar-refractivity contribution in [2.45, 2.75) is 32.0 Å². The summed E-state index contributed by atoms with van der Waals surface area (Å²) >= 11 is 0. The summed E-state index contributed by atoms with van der Waals surface area (Å²) in [5.41, 5.74) is -3.28. The zero-order valence-electron chi connectivity index (χ0n) is 10.9. The van der Waals surface area contributed by atoms with E-state index in [9.17, 15) is 26.3 Å². The minimum Gasteiger partial charge on any atom is -0.370 e. The molecule has 1 atom stereocenters. The molecule has 0 amide bonds. The van der Waals surface area contributed by atoms with E-state index in [4.69, 9.17) is 0 Å². The second kappa shape index (κ2) is 5.16. The summed E-state index contributed by atoms with van der Waals surface area (Å²) < 4.78 is 77.8. The number of hydrogen-bond acceptors (Lipinski definition) is 2. The van der Waals surface area contributed by atoms with E-state index in [2.05, 4.69) is 5.32 Å². The van der Waals surface area contributed by atoms with Gasteiger partial charge in [-0.2, -0.15) is 26.3 Å². The maximum Gasteiger partial charge on any atom is 0.416 e. The topological polar surface area (TPSA) is 15.3 Å². The number of nitrogens with one attached hydrogen (secondary N) is 1. The molecule has 116 valence electrons. The summed E-state index contributed by atoms with van der Waals surface area (Å²) in [6.07, 6.45) is -7.13. The lowest BCUT2D eigenvalue weighted by atomic mass is 9.99. The molecule has 0 aliphatic carbocycles. The van der Waals surface area contributed by atoms with Crippen molar-refractivity contribution in [1.29, 1.82) is 0 Å². The summed E-state index contributed by atoms with van der Waals surface area (Å²) in [5, 5.41) is 2.79. The fraction of sp³-hybridized carbons (Fsp3) is 0.385. The van der Waals surface area contributed by atoms with Gasteiger partial charge in [0, 0.05) is 18.9 Å². The van der Waals surface area contributed by atoms with Gasteiger partial charge in [0.15, 0.2) is 0 Å². The summed E-state index contributed by atoms with van der Waals surface area (Å²) in [6, 6.07) is 2.11. The lowest BCUT2D eigenvalue weighted by Crippen LogP contribution is -2.33. The third-order valence-electron chi connectivity index (χ3n) is 3.23. The smallest absolute Gasteiger partial charge is 0.370 e. The molecule has 0 aromatic heterocycles. The van der Waals surface area contributed by atoms with E-state index < -0.39 is 35.6 Å². The van der Waals surface area contributed by atoms with Crippen LogP contribution in [0.3, 0.4) is 0 Å². The number of rotatable bonds is 2. The van der Waals surface area contributed by atoms with Gasteiger partial charge in [-0.05, 0) is 24.6 Å². The molecule has 1 aromatic carbocycles. The van der Waals surface area contributed by atoms with E-state index >= 15 is 0 Å². The molecule has 1 heterocycles. The molecule has 1 aromatic rings. The van der Waals surface area contributed by atoms with Crippen LogP contribution in [-0.2, 0) is 18.9 Å². The predicted octanol–water partition coefficient (Wildman–Crippen LogP) is 3.95. The molecular weight excluding hydrogens is 298 g/mol. The number of halogens is 6. The minimum atomic E-state index is -4.84. The maximum absolute atomic E-state index is 13.0. The van der Waals surface area contributed by atoms with Crippen molar-refractivity contribution >= 4 is 0 Å². The molecule has 0 spiro atoms. The van der Waals surface area contributed by atoms with Crippen molar-refractivity contribution in [3.8, 4) is 0 Å². The highest BCUT2D eigenvalue weighted by Gasteiger charge is 2.41. The SMILES string of the molecule is CC1NC=CN1Cc1c(C(F)(F)F)cccc1C(F)(F)F. The van der Waals surface area contributed by atoms with Gasteiger partial charge in [0.2, 0.25) is 0 Å². The Kier molecular flexibility index (Phi) is 3.81. The summed E-state index contributed by atoms with van der Waals surface area (Å²) in [6.45, 7) is 1.17. The Morgan fingerprint density at radius 3 is 1.95 bits per heavy atom. The van der Waals surface area contributed by atoms with Crippen LogP contribution >= 0.6 is 0 Å². The van der Waals surface area contributed by atoms with Crippen LogP contribution in [0, 0.1) is 0 Å². The van der Waals surface area contributed by atoms with Gasteiger partial charge in [-0.3, -0.25) is 0 Å². The van der Waals surface area contributed by atoms with Crippen molar-refractivity contribution < 1.29 is 26.3 Å². The molecule has 1 unspecified atom stereocenters. The largest absolute Gasteiger partial charge is 0.416 e. The highest BCUT2D eigenvalue weighted by atomic mass is 19.4. The normalized spacial score (nSPS) is 19.0. The van der Waals surface area contributed by atoms with Gasteiger partial charge in [-0.1, -0.05) is 6.07 Å². The van der Waals surface area contributed by atoms with Gasteiger partial charge < -0.3 is 10.2 Å². The van der Waals surface area contributed by atoms with Crippen LogP contribution < -0.4 is 5.32 Å². The standard InChI is InChI=1S/C13H12F6N2/c1-8-20-5-6-21(8)7-9-10(12(14,15)16)3-2-4-11(9)13(17,18)19/h2-6,8,20H,7H2,1H3. The van der Waals surface area contributed by atoms with Gasteiger partial charge in [-0.25, -0.2) is 0 Å². The van der Waals surface area contributed by atoms with Gasteiger partial charge in [0.05, 0.1) is 17.3 Å². The number of hydrogen-bond donors (Lipinski definition) is 1. The number of alkyl halides is 6. The zero-order valence-corrected chi connectivity index (χ0v) is 10.9. The Labute approximate surface area is 117 Å². The number of benzene rings is 1. The Hall–Kier alpha value is -1.86. The lowest BCUT2D eigenvalue weighted by molar-refractivity contribution is -0.144. The van der Waals surface area contributed by atoms with Crippen molar-refractivity contribution in [3.63, 3.8) is 0 Å². The molecule has 0 saturated heterocycles. The highest BCUT2D eigenvalue weighted by molar-refractivity contribution is 5.39. The highest BCUT2D eigenvalue weighted by Crippen LogP contribution is 2.40. The summed E-state index contributed by atoms with van der Waals surface area (Å²) in [5.74, 6) is 0. The first kappa shape index (κ1) is 15.5. The minimum absolute atomic E-state index is 0.368. The molecule has 1 N–H and O–H groups in total. The molecule has 2 nitrogen and oxygen atoms in total. The van der Waals surface area contributed by atoms with Crippen molar-refractivity contribution in [2.75, 3.05) is 0 Å². The van der Waals surface area contributed by atoms with Crippen LogP contribution in [0.15, 0.2) is 30.6 Å². The average molecular weight is 310 g/mol. The van der Waals surface area contributed by atoms with Crippen LogP contribution in [0.25, 0.3) is 0 Å². The molecule has 0 bridgehead atoms. The monoisotopic (exact) mass is 310 g/mol. The first-order valence-electron chi connectivity index (χ1n) is 6.05. The van der Waals surface area contributed by atoms with E-state index in [1.54, 1.807) is 6.92 Å². The van der Waals surface area contributed by atoms with E-state index in [1.807, 2.05) is 0 Å². The van der Waals surface area contributed by atoms with Gasteiger partial charge in [0.1, 0.15) is 0 Å². The Morgan fingerprint density at radius 2 is 1.57 bits per heavy atom. The molecule has 21 heavy (non-hydrogen) atoms. The Bertz CT molecular complexity index is 514. The van der Waals surface area contributed by atoms with Gasteiger partial charge in [-0.15, -0.1) is 0 Å². The van der Waals surface area contributed by atoms with E-state index in [0.29, 0.717) is 12.1 Å². The third kappa shape index (κ3) is 3.25. The molecule has 2 rings (SSSR count). The van der Waals surface area contributed by atoms with Crippen LogP contribution in [0.2, 0.25) is 0 Å². The molecule has 8 heteroatoms. The van der Waals surface area contributed by atoms with E-state index in [0.717, 1.165) is 6.07 Å². The predicted molar refractivity (Wildman–Crippen MR) is 63.7 cm³/mol. The van der Waals surface area contributed by atoms with Crippen LogP contribution in [0.1, 0.15) is 23.6 Å². The number of nitrogens with zero attached hydrogens (tertiary/aromatic N) is 1. The second-order valence-corrected chi connectivity index (χ2v) is 4.66. The Balaban J connectivity index is 2.51. The van der Waals surface area contributed by atoms with Crippen LogP contribution in [0.4, 0.5) is 26.3 Å². The molecule has 1 aliphatic rings. The van der Waals surface area contributed by atoms with Crippen LogP contribution in [-0.4, -0.2) is 11.1 Å². The summed E-state index contributed by atoms with van der Waals surface area (Å²) in [4.78, 5) is 1.37. The second-order valence-electron chi connectivity index (χ2n) is 4.66. The maximum atomic E-state index is 13.0. The Morgan fingerprint density at radius 1 is 1.05 bits per heavy atom. The zero-order chi connectivity index (χ0) is 15.8. The summed E-state index contributed by atoms with van der Waals surface area (Å²) in [7, 11) is 0. The van der Waals surface area contributed by atoms with Crippen LogP contribution in [0.5, 0.6) is 0 Å². The van der Waals surface area contributed by atoms with Gasteiger partial charge in [0.25, 0.3) is 0 Å². The average Bonchev–Trinajstić information content (AvgIpc) is 2.72. The first-order valence-corrected chi connectivity index (χ1v) is 6.05. The van der Waals surface area contributed by atoms with Crippen molar-refractivity contribution in [2.24, 2.45) is 0 Å². The molecule has 1 aliphatic heterocycles. The molecule has 0 saturated carbocycles. The fourth-order valence-corrected chi connectivity index (χ4v) is 2.16. The van der Waals surface area contributed by atoms with Gasteiger partial charge >= 0.3 is 12.4 Å². The van der Waals surface area contributed by atoms with Crippen molar-refractivity contribution in [3.05, 3.63) is 47.3 Å². The molecule has 0 radical (unpaired) electrons. The third-order valence-corrected chi connectivity index (χ3v) is 3.23. The van der Waals surface area contributed by atoms with E-state index in [1.165, 1.54) is 17.3 Å². The first-order chi connectivity index (χ1) is 9.60. The molecule has 0 fully saturated rings. The fourth-order valence-electron chi connectivity index (χ4n) is 2.16. The van der Waals surface area contributed by atoms with E-state index in [-0.39, 0.29) is 6.17 Å².